The molecule has 0 fully saturated rings. The lowest BCUT2D eigenvalue weighted by atomic mass is 9.90. The van der Waals surface area contributed by atoms with Crippen LogP contribution in [0.15, 0.2) is 36.6 Å². The Bertz CT molecular complexity index is 237. The van der Waals surface area contributed by atoms with Crippen molar-refractivity contribution in [2.24, 2.45) is 11.1 Å². The fourth-order valence-electron chi connectivity index (χ4n) is 1.01. The topological polar surface area (TPSA) is 38.0 Å². The first-order valence-electron chi connectivity index (χ1n) is 5.47. The summed E-state index contributed by atoms with van der Waals surface area (Å²) in [5.74, 6) is 0. The normalized spacial score (nSPS) is 13.4. The molecule has 0 aromatic heterocycles. The van der Waals surface area contributed by atoms with Crippen molar-refractivity contribution < 1.29 is 0 Å². The fraction of sp³-hybridized carbons (Fsp3) is 0.538. The largest absolute Gasteiger partial charge is 0.399 e. The molecular formula is C13H24N2. The first kappa shape index (κ1) is 14.0. The second-order valence-corrected chi connectivity index (χ2v) is 4.45. The Kier molecular flexibility index (Phi) is 6.80. The van der Waals surface area contributed by atoms with Crippen LogP contribution < -0.4 is 11.1 Å². The van der Waals surface area contributed by atoms with Crippen molar-refractivity contribution >= 4 is 0 Å². The molecule has 0 bridgehead atoms. The number of allylic oxidation sites excluding steroid dienone is 3. The standard InChI is InChI=1S/C13H24N2/c1-5-8-12(14)9-7-10-15-11-13(3,4)6-2/h5,7-9,15H,1,6,10-11,14H2,2-4H3/b9-7-,12-8+. The molecule has 2 heteroatoms. The third-order valence-corrected chi connectivity index (χ3v) is 2.44. The van der Waals surface area contributed by atoms with Gasteiger partial charge in [0.1, 0.15) is 0 Å². The number of rotatable bonds is 7. The molecule has 0 aromatic carbocycles. The highest BCUT2D eigenvalue weighted by Gasteiger charge is 2.12. The van der Waals surface area contributed by atoms with E-state index in [1.54, 1.807) is 12.2 Å². The summed E-state index contributed by atoms with van der Waals surface area (Å²) in [4.78, 5) is 0. The summed E-state index contributed by atoms with van der Waals surface area (Å²) < 4.78 is 0. The average Bonchev–Trinajstić information content (AvgIpc) is 2.17. The van der Waals surface area contributed by atoms with Gasteiger partial charge in [-0.05, 0) is 24.0 Å². The molecule has 0 aliphatic heterocycles. The maximum Gasteiger partial charge on any atom is 0.0311 e. The fourth-order valence-corrected chi connectivity index (χ4v) is 1.01. The molecule has 0 saturated heterocycles. The van der Waals surface area contributed by atoms with Crippen LogP contribution in [0.25, 0.3) is 0 Å². The van der Waals surface area contributed by atoms with Crippen molar-refractivity contribution in [1.29, 1.82) is 0 Å². The van der Waals surface area contributed by atoms with Crippen molar-refractivity contribution in [3.05, 3.63) is 36.6 Å². The molecule has 0 aliphatic rings. The van der Waals surface area contributed by atoms with Crippen LogP contribution in [-0.4, -0.2) is 13.1 Å². The van der Waals surface area contributed by atoms with Crippen molar-refractivity contribution in [3.8, 4) is 0 Å². The maximum absolute atomic E-state index is 5.65. The summed E-state index contributed by atoms with van der Waals surface area (Å²) >= 11 is 0. The number of hydrogen-bond acceptors (Lipinski definition) is 2. The summed E-state index contributed by atoms with van der Waals surface area (Å²) in [5, 5.41) is 3.38. The molecule has 0 spiro atoms. The van der Waals surface area contributed by atoms with Gasteiger partial charge in [0.15, 0.2) is 0 Å². The molecule has 15 heavy (non-hydrogen) atoms. The highest BCUT2D eigenvalue weighted by molar-refractivity contribution is 5.19. The van der Waals surface area contributed by atoms with Crippen molar-refractivity contribution in [3.63, 3.8) is 0 Å². The Morgan fingerprint density at radius 2 is 2.13 bits per heavy atom. The number of hydrogen-bond donors (Lipinski definition) is 2. The van der Waals surface area contributed by atoms with Crippen LogP contribution in [0.4, 0.5) is 0 Å². The molecular weight excluding hydrogens is 184 g/mol. The van der Waals surface area contributed by atoms with Crippen LogP contribution in [-0.2, 0) is 0 Å². The predicted molar refractivity (Wildman–Crippen MR) is 68.5 cm³/mol. The van der Waals surface area contributed by atoms with E-state index in [1.807, 2.05) is 12.2 Å². The van der Waals surface area contributed by atoms with Gasteiger partial charge in [0.2, 0.25) is 0 Å². The molecule has 0 radical (unpaired) electrons. The third kappa shape index (κ3) is 8.01. The predicted octanol–water partition coefficient (Wildman–Crippen LogP) is 2.60. The van der Waals surface area contributed by atoms with Gasteiger partial charge in [-0.15, -0.1) is 0 Å². The first-order chi connectivity index (χ1) is 7.02. The van der Waals surface area contributed by atoms with Crippen LogP contribution in [0.3, 0.4) is 0 Å². The lowest BCUT2D eigenvalue weighted by Crippen LogP contribution is -2.28. The van der Waals surface area contributed by atoms with Gasteiger partial charge in [0.25, 0.3) is 0 Å². The zero-order chi connectivity index (χ0) is 11.7. The average molecular weight is 208 g/mol. The second kappa shape index (κ2) is 7.30. The van der Waals surface area contributed by atoms with E-state index in [-0.39, 0.29) is 0 Å². The van der Waals surface area contributed by atoms with E-state index in [1.165, 1.54) is 6.42 Å². The van der Waals surface area contributed by atoms with E-state index in [2.05, 4.69) is 32.7 Å². The second-order valence-electron chi connectivity index (χ2n) is 4.45. The zero-order valence-electron chi connectivity index (χ0n) is 10.2. The summed E-state index contributed by atoms with van der Waals surface area (Å²) in [6, 6.07) is 0. The Hall–Kier alpha value is -1.02. The molecule has 86 valence electrons. The third-order valence-electron chi connectivity index (χ3n) is 2.44. The molecule has 0 amide bonds. The van der Waals surface area contributed by atoms with Gasteiger partial charge in [0.05, 0.1) is 0 Å². The van der Waals surface area contributed by atoms with Gasteiger partial charge in [-0.3, -0.25) is 0 Å². The summed E-state index contributed by atoms with van der Waals surface area (Å²) in [6.07, 6.45) is 8.58. The highest BCUT2D eigenvalue weighted by Crippen LogP contribution is 2.17. The first-order valence-corrected chi connectivity index (χ1v) is 5.47. The molecule has 0 aromatic rings. The minimum Gasteiger partial charge on any atom is -0.399 e. The van der Waals surface area contributed by atoms with E-state index >= 15 is 0 Å². The Balaban J connectivity index is 3.72. The van der Waals surface area contributed by atoms with Crippen LogP contribution >= 0.6 is 0 Å². The lowest BCUT2D eigenvalue weighted by Gasteiger charge is -2.22. The molecule has 0 aliphatic carbocycles. The molecule has 0 rings (SSSR count). The molecule has 3 N–H and O–H groups in total. The van der Waals surface area contributed by atoms with Crippen molar-refractivity contribution in [2.45, 2.75) is 27.2 Å². The van der Waals surface area contributed by atoms with Gasteiger partial charge >= 0.3 is 0 Å². The summed E-state index contributed by atoms with van der Waals surface area (Å²) in [5.41, 5.74) is 6.76. The Morgan fingerprint density at radius 1 is 1.47 bits per heavy atom. The van der Waals surface area contributed by atoms with E-state index in [0.29, 0.717) is 5.41 Å². The quantitative estimate of drug-likeness (QED) is 0.498. The Labute approximate surface area is 93.9 Å². The molecule has 0 unspecified atom stereocenters. The van der Waals surface area contributed by atoms with Crippen LogP contribution in [0.5, 0.6) is 0 Å². The SMILES string of the molecule is C=C/C=C(N)\C=C/CNCC(C)(C)CC. The van der Waals surface area contributed by atoms with Crippen molar-refractivity contribution in [1.82, 2.24) is 5.32 Å². The minimum absolute atomic E-state index is 0.371. The van der Waals surface area contributed by atoms with Gasteiger partial charge < -0.3 is 11.1 Å². The van der Waals surface area contributed by atoms with Gasteiger partial charge in [-0.1, -0.05) is 39.5 Å². The number of nitrogens with two attached hydrogens (primary N) is 1. The monoisotopic (exact) mass is 208 g/mol. The highest BCUT2D eigenvalue weighted by atomic mass is 14.9. The van der Waals surface area contributed by atoms with Crippen molar-refractivity contribution in [2.75, 3.05) is 13.1 Å². The summed E-state index contributed by atoms with van der Waals surface area (Å²) in [6.45, 7) is 12.2. The van der Waals surface area contributed by atoms with Gasteiger partial charge in [-0.25, -0.2) is 0 Å². The van der Waals surface area contributed by atoms with Crippen LogP contribution in [0, 0.1) is 5.41 Å². The van der Waals surface area contributed by atoms with Crippen LogP contribution in [0.1, 0.15) is 27.2 Å². The molecule has 0 saturated carbocycles. The van der Waals surface area contributed by atoms with E-state index in [4.69, 9.17) is 5.73 Å². The molecule has 0 heterocycles. The van der Waals surface area contributed by atoms with E-state index in [0.717, 1.165) is 18.8 Å². The lowest BCUT2D eigenvalue weighted by molar-refractivity contribution is 0.334. The zero-order valence-corrected chi connectivity index (χ0v) is 10.2. The molecule has 2 nitrogen and oxygen atoms in total. The minimum atomic E-state index is 0.371. The van der Waals surface area contributed by atoms with E-state index < -0.39 is 0 Å². The van der Waals surface area contributed by atoms with Gasteiger partial charge in [0, 0.05) is 18.8 Å². The molecule has 0 atom stereocenters. The summed E-state index contributed by atoms with van der Waals surface area (Å²) in [7, 11) is 0. The number of nitrogens with one attached hydrogen (secondary N) is 1. The Morgan fingerprint density at radius 3 is 2.67 bits per heavy atom. The maximum atomic E-state index is 5.65. The smallest absolute Gasteiger partial charge is 0.0311 e. The van der Waals surface area contributed by atoms with E-state index in [9.17, 15) is 0 Å². The van der Waals surface area contributed by atoms with Crippen LogP contribution in [0.2, 0.25) is 0 Å². The van der Waals surface area contributed by atoms with Gasteiger partial charge in [-0.2, -0.15) is 0 Å².